The van der Waals surface area contributed by atoms with Crippen molar-refractivity contribution in [3.8, 4) is 11.8 Å². The summed E-state index contributed by atoms with van der Waals surface area (Å²) in [4.78, 5) is 6.32. The van der Waals surface area contributed by atoms with Gasteiger partial charge in [0.1, 0.15) is 11.7 Å². The molecule has 1 aromatic carbocycles. The third kappa shape index (κ3) is 2.64. The Labute approximate surface area is 135 Å². The third-order valence-corrected chi connectivity index (χ3v) is 4.12. The Kier molecular flexibility index (Phi) is 3.75. The van der Waals surface area contributed by atoms with E-state index >= 15 is 0 Å². The number of anilines is 1. The number of nitriles is 1. The summed E-state index contributed by atoms with van der Waals surface area (Å²) in [6.07, 6.45) is 1.78. The van der Waals surface area contributed by atoms with Gasteiger partial charge < -0.3 is 9.64 Å². The Morgan fingerprint density at radius 1 is 1.26 bits per heavy atom. The number of benzene rings is 1. The first-order chi connectivity index (χ1) is 11.0. The molecule has 1 aliphatic rings. The first-order valence-electron chi connectivity index (χ1n) is 7.41. The molecule has 1 aromatic heterocycles. The van der Waals surface area contributed by atoms with Crippen LogP contribution in [-0.4, -0.2) is 25.0 Å². The van der Waals surface area contributed by atoms with E-state index in [1.807, 2.05) is 56.3 Å². The van der Waals surface area contributed by atoms with Gasteiger partial charge in [-0.05, 0) is 24.6 Å². The van der Waals surface area contributed by atoms with Crippen molar-refractivity contribution < 1.29 is 4.74 Å². The predicted molar refractivity (Wildman–Crippen MR) is 89.0 cm³/mol. The minimum atomic E-state index is -0.641. The summed E-state index contributed by atoms with van der Waals surface area (Å²) in [5, 5.41) is 17.6. The fourth-order valence-corrected chi connectivity index (χ4v) is 2.83. The number of aryl methyl sites for hydroxylation is 1. The van der Waals surface area contributed by atoms with Crippen LogP contribution in [0.5, 0.6) is 5.75 Å². The highest BCUT2D eigenvalue weighted by atomic mass is 16.5. The van der Waals surface area contributed by atoms with Crippen molar-refractivity contribution in [1.29, 1.82) is 10.7 Å². The molecule has 1 N–H and O–H groups in total. The lowest BCUT2D eigenvalue weighted by molar-refractivity contribution is 0.450. The number of ether oxygens (including phenoxy) is 1. The predicted octanol–water partition coefficient (Wildman–Crippen LogP) is 3.10. The molecular formula is C18H18N4O. The molecule has 0 saturated carbocycles. The second-order valence-electron chi connectivity index (χ2n) is 5.90. The third-order valence-electron chi connectivity index (χ3n) is 4.12. The average molecular weight is 306 g/mol. The van der Waals surface area contributed by atoms with E-state index in [1.54, 1.807) is 6.20 Å². The average Bonchev–Trinajstić information content (AvgIpc) is 2.53. The summed E-state index contributed by atoms with van der Waals surface area (Å²) >= 11 is 0. The van der Waals surface area contributed by atoms with Crippen molar-refractivity contribution in [2.24, 2.45) is 5.92 Å². The van der Waals surface area contributed by atoms with Gasteiger partial charge in [-0.25, -0.2) is 0 Å². The molecule has 0 spiro atoms. The van der Waals surface area contributed by atoms with Crippen LogP contribution >= 0.6 is 0 Å². The van der Waals surface area contributed by atoms with E-state index in [1.165, 1.54) is 0 Å². The number of hydrogen-bond donors (Lipinski definition) is 1. The maximum atomic E-state index is 9.52. The lowest BCUT2D eigenvalue weighted by atomic mass is 9.79. The zero-order chi connectivity index (χ0) is 16.6. The van der Waals surface area contributed by atoms with Crippen LogP contribution in [0.2, 0.25) is 0 Å². The Hall–Kier alpha value is -2.87. The van der Waals surface area contributed by atoms with E-state index in [4.69, 9.17) is 10.1 Å². The molecule has 0 amide bonds. The van der Waals surface area contributed by atoms with E-state index in [0.29, 0.717) is 5.75 Å². The minimum Gasteiger partial charge on any atom is -0.442 e. The highest BCUT2D eigenvalue weighted by Gasteiger charge is 2.37. The van der Waals surface area contributed by atoms with Gasteiger partial charge in [-0.1, -0.05) is 12.1 Å². The van der Waals surface area contributed by atoms with Crippen molar-refractivity contribution >= 4 is 11.6 Å². The Bertz CT molecular complexity index is 790. The highest BCUT2D eigenvalue weighted by molar-refractivity contribution is 5.85. The van der Waals surface area contributed by atoms with Crippen LogP contribution in [0.1, 0.15) is 22.7 Å². The molecule has 2 heterocycles. The second kappa shape index (κ2) is 5.73. The number of nitrogens with one attached hydrogen (secondary N) is 1. The summed E-state index contributed by atoms with van der Waals surface area (Å²) in [7, 11) is 3.91. The van der Waals surface area contributed by atoms with Gasteiger partial charge in [0.15, 0.2) is 0 Å². The maximum Gasteiger partial charge on any atom is 0.205 e. The van der Waals surface area contributed by atoms with Crippen LogP contribution in [0.25, 0.3) is 0 Å². The van der Waals surface area contributed by atoms with Gasteiger partial charge >= 0.3 is 0 Å². The molecule has 3 rings (SSSR count). The van der Waals surface area contributed by atoms with Crippen LogP contribution in [-0.2, 0) is 0 Å². The number of rotatable bonds is 2. The lowest BCUT2D eigenvalue weighted by Crippen LogP contribution is -2.31. The molecule has 2 aromatic rings. The highest BCUT2D eigenvalue weighted by Crippen LogP contribution is 2.43. The standard InChI is InChI=1S/C18H18N4O/c1-11-4-5-12(10-21-11)17-14-7-6-13(22(2)3)8-16(14)23-18(20)15(17)9-19/h4-8,10,15,17,20H,1-3H3. The van der Waals surface area contributed by atoms with Gasteiger partial charge in [0.05, 0.1) is 6.07 Å². The first kappa shape index (κ1) is 15.0. The topological polar surface area (TPSA) is 73.0 Å². The number of pyridine rings is 1. The zero-order valence-corrected chi connectivity index (χ0v) is 13.4. The van der Waals surface area contributed by atoms with Crippen LogP contribution in [0.15, 0.2) is 36.5 Å². The maximum absolute atomic E-state index is 9.52. The number of fused-ring (bicyclic) bond motifs is 1. The minimum absolute atomic E-state index is 0.0125. The summed E-state index contributed by atoms with van der Waals surface area (Å²) in [5.41, 5.74) is 3.76. The quantitative estimate of drug-likeness (QED) is 0.925. The van der Waals surface area contributed by atoms with Crippen LogP contribution in [0.4, 0.5) is 5.69 Å². The van der Waals surface area contributed by atoms with E-state index in [-0.39, 0.29) is 11.8 Å². The van der Waals surface area contributed by atoms with Gasteiger partial charge in [0, 0.05) is 49.2 Å². The summed E-state index contributed by atoms with van der Waals surface area (Å²) in [5.74, 6) is -0.252. The van der Waals surface area contributed by atoms with Crippen molar-refractivity contribution in [1.82, 2.24) is 4.98 Å². The number of nitrogens with zero attached hydrogens (tertiary/aromatic N) is 3. The molecule has 0 radical (unpaired) electrons. The van der Waals surface area contributed by atoms with E-state index in [2.05, 4.69) is 11.1 Å². The molecule has 2 atom stereocenters. The lowest BCUT2D eigenvalue weighted by Gasteiger charge is -2.31. The zero-order valence-electron chi connectivity index (χ0n) is 13.4. The van der Waals surface area contributed by atoms with Crippen molar-refractivity contribution in [3.05, 3.63) is 53.3 Å². The smallest absolute Gasteiger partial charge is 0.205 e. The largest absolute Gasteiger partial charge is 0.442 e. The molecule has 0 aliphatic carbocycles. The Balaban J connectivity index is 2.15. The Morgan fingerprint density at radius 3 is 2.65 bits per heavy atom. The van der Waals surface area contributed by atoms with Gasteiger partial charge in [0.2, 0.25) is 5.90 Å². The summed E-state index contributed by atoms with van der Waals surface area (Å²) < 4.78 is 5.62. The van der Waals surface area contributed by atoms with Gasteiger partial charge in [-0.2, -0.15) is 5.26 Å². The monoisotopic (exact) mass is 306 g/mol. The molecule has 116 valence electrons. The summed E-state index contributed by atoms with van der Waals surface area (Å²) in [6.45, 7) is 1.93. The first-order valence-corrected chi connectivity index (χ1v) is 7.41. The van der Waals surface area contributed by atoms with Crippen LogP contribution in [0.3, 0.4) is 0 Å². The van der Waals surface area contributed by atoms with Gasteiger partial charge in [-0.15, -0.1) is 0 Å². The van der Waals surface area contributed by atoms with Gasteiger partial charge in [0.25, 0.3) is 0 Å². The normalized spacial score (nSPS) is 19.5. The molecular weight excluding hydrogens is 288 g/mol. The van der Waals surface area contributed by atoms with E-state index in [9.17, 15) is 5.26 Å². The van der Waals surface area contributed by atoms with Crippen LogP contribution < -0.4 is 9.64 Å². The molecule has 5 heteroatoms. The molecule has 5 nitrogen and oxygen atoms in total. The Morgan fingerprint density at radius 2 is 2.04 bits per heavy atom. The van der Waals surface area contributed by atoms with Crippen molar-refractivity contribution in [3.63, 3.8) is 0 Å². The SMILES string of the molecule is Cc1ccc(C2c3ccc(N(C)C)cc3OC(=N)C2C#N)cn1. The van der Waals surface area contributed by atoms with E-state index in [0.717, 1.165) is 22.5 Å². The molecule has 1 aliphatic heterocycles. The fourth-order valence-electron chi connectivity index (χ4n) is 2.83. The van der Waals surface area contributed by atoms with E-state index < -0.39 is 5.92 Å². The summed E-state index contributed by atoms with van der Waals surface area (Å²) in [6, 6.07) is 12.0. The molecule has 2 unspecified atom stereocenters. The molecule has 0 saturated heterocycles. The number of hydrogen-bond acceptors (Lipinski definition) is 5. The fraction of sp³-hybridized carbons (Fsp3) is 0.278. The van der Waals surface area contributed by atoms with Gasteiger partial charge in [-0.3, -0.25) is 10.4 Å². The van der Waals surface area contributed by atoms with Crippen molar-refractivity contribution in [2.75, 3.05) is 19.0 Å². The molecule has 0 fully saturated rings. The van der Waals surface area contributed by atoms with Crippen LogP contribution in [0, 0.1) is 29.6 Å². The molecule has 0 bridgehead atoms. The second-order valence-corrected chi connectivity index (χ2v) is 5.90. The van der Waals surface area contributed by atoms with Crippen molar-refractivity contribution in [2.45, 2.75) is 12.8 Å². The molecule has 23 heavy (non-hydrogen) atoms. The number of aromatic nitrogens is 1.